The molecule has 2 rings (SSSR count). The van der Waals surface area contributed by atoms with Gasteiger partial charge in [0.15, 0.2) is 0 Å². The summed E-state index contributed by atoms with van der Waals surface area (Å²) in [5.41, 5.74) is 5.18. The smallest absolute Gasteiger partial charge is 0.320 e. The van der Waals surface area contributed by atoms with E-state index in [1.54, 1.807) is 0 Å². The monoisotopic (exact) mass is 244 g/mol. The molecule has 0 aromatic carbocycles. The van der Waals surface area contributed by atoms with Crippen molar-refractivity contribution in [3.05, 3.63) is 29.6 Å². The molecule has 2 nitrogen and oxygen atoms in total. The first-order chi connectivity index (χ1) is 7.84. The van der Waals surface area contributed by atoms with Crippen LogP contribution in [0.3, 0.4) is 0 Å². The minimum absolute atomic E-state index is 0.165. The molecule has 1 aliphatic carbocycles. The molecule has 0 bridgehead atoms. The number of rotatable bonds is 1. The summed E-state index contributed by atoms with van der Waals surface area (Å²) in [6, 6.07) is 2.06. The van der Waals surface area contributed by atoms with Crippen LogP contribution in [0.2, 0.25) is 0 Å². The molecule has 1 aromatic heterocycles. The Morgan fingerprint density at radius 3 is 2.71 bits per heavy atom. The highest BCUT2D eigenvalue weighted by atomic mass is 19.4. The van der Waals surface area contributed by atoms with Gasteiger partial charge >= 0.3 is 6.18 Å². The quantitative estimate of drug-likeness (QED) is 0.824. The number of aromatic nitrogens is 1. The number of hydrogen-bond donors (Lipinski definition) is 1. The lowest BCUT2D eigenvalue weighted by Gasteiger charge is -2.29. The summed E-state index contributed by atoms with van der Waals surface area (Å²) in [4.78, 5) is 4.03. The summed E-state index contributed by atoms with van der Waals surface area (Å²) in [6.07, 6.45) is -0.569. The van der Waals surface area contributed by atoms with E-state index in [4.69, 9.17) is 5.73 Å². The Bertz CT molecular complexity index is 416. The number of nitrogens with zero attached hydrogens (tertiary/aromatic N) is 1. The maximum absolute atomic E-state index is 12.6. The van der Waals surface area contributed by atoms with Gasteiger partial charge in [-0.2, -0.15) is 13.2 Å². The Balaban J connectivity index is 2.40. The molecule has 1 saturated carbocycles. The minimum atomic E-state index is -4.34. The molecule has 1 aliphatic rings. The molecule has 0 radical (unpaired) electrons. The van der Waals surface area contributed by atoms with E-state index in [0.29, 0.717) is 12.1 Å². The molecule has 17 heavy (non-hydrogen) atoms. The Labute approximate surface area is 98.0 Å². The normalized spacial score (nSPS) is 29.6. The van der Waals surface area contributed by atoms with Crippen molar-refractivity contribution in [1.29, 1.82) is 0 Å². The number of hydrogen-bond acceptors (Lipinski definition) is 2. The molecule has 2 unspecified atom stereocenters. The lowest BCUT2D eigenvalue weighted by molar-refractivity contribution is -0.137. The molecule has 1 aromatic rings. The third-order valence-corrected chi connectivity index (χ3v) is 3.67. The van der Waals surface area contributed by atoms with Gasteiger partial charge in [-0.05, 0) is 30.9 Å². The van der Waals surface area contributed by atoms with E-state index >= 15 is 0 Å². The van der Waals surface area contributed by atoms with Gasteiger partial charge in [0.2, 0.25) is 0 Å². The maximum atomic E-state index is 12.6. The molecule has 0 amide bonds. The topological polar surface area (TPSA) is 38.9 Å². The number of pyridine rings is 1. The van der Waals surface area contributed by atoms with Crippen LogP contribution in [0.4, 0.5) is 13.2 Å². The lowest BCUT2D eigenvalue weighted by atomic mass is 9.85. The van der Waals surface area contributed by atoms with Crippen molar-refractivity contribution in [2.75, 3.05) is 0 Å². The largest absolute Gasteiger partial charge is 0.416 e. The van der Waals surface area contributed by atoms with Gasteiger partial charge < -0.3 is 5.73 Å². The van der Waals surface area contributed by atoms with E-state index in [9.17, 15) is 13.2 Å². The third kappa shape index (κ3) is 2.16. The summed E-state index contributed by atoms with van der Waals surface area (Å²) in [6.45, 7) is 1.97. The van der Waals surface area contributed by atoms with Crippen molar-refractivity contribution in [3.63, 3.8) is 0 Å². The molecule has 5 heteroatoms. The van der Waals surface area contributed by atoms with Crippen LogP contribution < -0.4 is 5.73 Å². The van der Waals surface area contributed by atoms with Crippen molar-refractivity contribution in [3.8, 4) is 0 Å². The summed E-state index contributed by atoms with van der Waals surface area (Å²) in [7, 11) is 0. The van der Waals surface area contributed by atoms with E-state index in [1.165, 1.54) is 6.20 Å². The van der Waals surface area contributed by atoms with E-state index in [2.05, 4.69) is 4.98 Å². The Morgan fingerprint density at radius 1 is 1.47 bits per heavy atom. The van der Waals surface area contributed by atoms with Gasteiger partial charge in [0, 0.05) is 6.20 Å². The zero-order valence-electron chi connectivity index (χ0n) is 9.59. The molecule has 0 spiro atoms. The summed E-state index contributed by atoms with van der Waals surface area (Å²) in [5, 5.41) is 0. The Kier molecular flexibility index (Phi) is 2.89. The highest BCUT2D eigenvalue weighted by Crippen LogP contribution is 2.41. The standard InChI is InChI=1S/C12H15F3N2/c1-8-3-2-5-11(8,16)10-7-9(4-6-17-10)12(13,14)15/h4,6-8H,2-3,5,16H2,1H3. The van der Waals surface area contributed by atoms with Crippen LogP contribution in [0.5, 0.6) is 0 Å². The number of halogens is 3. The van der Waals surface area contributed by atoms with Crippen LogP contribution in [0.25, 0.3) is 0 Å². The van der Waals surface area contributed by atoms with Gasteiger partial charge in [0.05, 0.1) is 16.8 Å². The summed E-state index contributed by atoms with van der Waals surface area (Å²) < 4.78 is 37.8. The predicted molar refractivity (Wildman–Crippen MR) is 58.1 cm³/mol. The van der Waals surface area contributed by atoms with Crippen molar-refractivity contribution < 1.29 is 13.2 Å². The molecule has 0 saturated heterocycles. The Morgan fingerprint density at radius 2 is 2.18 bits per heavy atom. The van der Waals surface area contributed by atoms with Crippen molar-refractivity contribution in [2.24, 2.45) is 11.7 Å². The predicted octanol–water partition coefficient (Wildman–Crippen LogP) is 3.07. The number of nitrogens with two attached hydrogens (primary N) is 1. The molecular formula is C12H15F3N2. The SMILES string of the molecule is CC1CCCC1(N)c1cc(C(F)(F)F)ccn1. The van der Waals surface area contributed by atoms with Crippen LogP contribution in [-0.2, 0) is 11.7 Å². The van der Waals surface area contributed by atoms with Crippen LogP contribution in [0.1, 0.15) is 37.4 Å². The summed E-state index contributed by atoms with van der Waals surface area (Å²) in [5.74, 6) is 0.165. The minimum Gasteiger partial charge on any atom is -0.320 e. The molecular weight excluding hydrogens is 229 g/mol. The first kappa shape index (κ1) is 12.4. The number of alkyl halides is 3. The second kappa shape index (κ2) is 3.98. The highest BCUT2D eigenvalue weighted by Gasteiger charge is 2.40. The lowest BCUT2D eigenvalue weighted by Crippen LogP contribution is -2.40. The van der Waals surface area contributed by atoms with E-state index in [-0.39, 0.29) is 5.92 Å². The molecule has 0 aliphatic heterocycles. The van der Waals surface area contributed by atoms with E-state index in [0.717, 1.165) is 25.0 Å². The van der Waals surface area contributed by atoms with Crippen molar-refractivity contribution >= 4 is 0 Å². The first-order valence-corrected chi connectivity index (χ1v) is 5.66. The van der Waals surface area contributed by atoms with Crippen molar-refractivity contribution in [2.45, 2.75) is 37.9 Å². The van der Waals surface area contributed by atoms with Gasteiger partial charge in [0.25, 0.3) is 0 Å². The highest BCUT2D eigenvalue weighted by molar-refractivity contribution is 5.26. The van der Waals surface area contributed by atoms with Gasteiger partial charge in [-0.3, -0.25) is 4.98 Å². The second-order valence-corrected chi connectivity index (χ2v) is 4.76. The van der Waals surface area contributed by atoms with E-state index < -0.39 is 17.3 Å². The zero-order chi connectivity index (χ0) is 12.7. The third-order valence-electron chi connectivity index (χ3n) is 3.67. The maximum Gasteiger partial charge on any atom is 0.416 e. The van der Waals surface area contributed by atoms with Gasteiger partial charge in [-0.1, -0.05) is 13.3 Å². The fraction of sp³-hybridized carbons (Fsp3) is 0.583. The average Bonchev–Trinajstić information content (AvgIpc) is 2.60. The van der Waals surface area contributed by atoms with Gasteiger partial charge in [-0.15, -0.1) is 0 Å². The van der Waals surface area contributed by atoms with Crippen LogP contribution >= 0.6 is 0 Å². The molecule has 2 atom stereocenters. The molecule has 2 N–H and O–H groups in total. The molecule has 1 heterocycles. The first-order valence-electron chi connectivity index (χ1n) is 5.66. The Hall–Kier alpha value is -1.10. The fourth-order valence-corrected chi connectivity index (χ4v) is 2.45. The van der Waals surface area contributed by atoms with Gasteiger partial charge in [-0.25, -0.2) is 0 Å². The molecule has 94 valence electrons. The van der Waals surface area contributed by atoms with Gasteiger partial charge in [0.1, 0.15) is 0 Å². The van der Waals surface area contributed by atoms with Crippen molar-refractivity contribution in [1.82, 2.24) is 4.98 Å². The zero-order valence-corrected chi connectivity index (χ0v) is 9.59. The summed E-state index contributed by atoms with van der Waals surface area (Å²) >= 11 is 0. The van der Waals surface area contributed by atoms with Crippen LogP contribution in [-0.4, -0.2) is 4.98 Å². The van der Waals surface area contributed by atoms with Crippen LogP contribution in [0, 0.1) is 5.92 Å². The average molecular weight is 244 g/mol. The molecule has 1 fully saturated rings. The fourth-order valence-electron chi connectivity index (χ4n) is 2.45. The van der Waals surface area contributed by atoms with E-state index in [1.807, 2.05) is 6.92 Å². The van der Waals surface area contributed by atoms with Crippen LogP contribution in [0.15, 0.2) is 18.3 Å². The second-order valence-electron chi connectivity index (χ2n) is 4.76.